The fourth-order valence-electron chi connectivity index (χ4n) is 2.03. The van der Waals surface area contributed by atoms with E-state index >= 15 is 0 Å². The zero-order chi connectivity index (χ0) is 15.1. The van der Waals surface area contributed by atoms with Crippen molar-refractivity contribution in [2.24, 2.45) is 0 Å². The van der Waals surface area contributed by atoms with E-state index in [2.05, 4.69) is 17.6 Å². The predicted molar refractivity (Wildman–Crippen MR) is 87.2 cm³/mol. The lowest BCUT2D eigenvalue weighted by Gasteiger charge is -2.14. The minimum absolute atomic E-state index is 0.0184. The van der Waals surface area contributed by atoms with Crippen molar-refractivity contribution in [3.05, 3.63) is 65.7 Å². The minimum Gasteiger partial charge on any atom is -0.325 e. The lowest BCUT2D eigenvalue weighted by atomic mass is 10.1. The number of carbonyl (C=O) groups excluding carboxylic acids is 1. The maximum Gasteiger partial charge on any atom is 0.241 e. The van der Waals surface area contributed by atoms with Gasteiger partial charge in [-0.15, -0.1) is 0 Å². The van der Waals surface area contributed by atoms with Gasteiger partial charge in [0, 0.05) is 12.2 Å². The molecule has 2 rings (SSSR count). The summed E-state index contributed by atoms with van der Waals surface area (Å²) in [5, 5.41) is 6.16. The Morgan fingerprint density at radius 1 is 1.00 bits per heavy atom. The van der Waals surface area contributed by atoms with Crippen molar-refractivity contribution in [2.75, 3.05) is 5.32 Å². The van der Waals surface area contributed by atoms with E-state index in [4.69, 9.17) is 0 Å². The molecule has 0 aliphatic carbocycles. The van der Waals surface area contributed by atoms with E-state index in [0.717, 1.165) is 12.1 Å². The molecule has 0 spiro atoms. The maximum atomic E-state index is 12.1. The summed E-state index contributed by atoms with van der Waals surface area (Å²) in [6.07, 6.45) is 1.00. The van der Waals surface area contributed by atoms with E-state index in [-0.39, 0.29) is 11.9 Å². The third-order valence-corrected chi connectivity index (χ3v) is 3.48. The molecule has 3 heteroatoms. The molecule has 0 fully saturated rings. The maximum absolute atomic E-state index is 12.1. The Morgan fingerprint density at radius 3 is 2.29 bits per heavy atom. The molecule has 21 heavy (non-hydrogen) atoms. The van der Waals surface area contributed by atoms with E-state index in [1.807, 2.05) is 61.5 Å². The van der Waals surface area contributed by atoms with Gasteiger partial charge in [-0.25, -0.2) is 0 Å². The normalized spacial score (nSPS) is 11.9. The number of nitrogens with one attached hydrogen (secondary N) is 2. The number of anilines is 1. The number of carbonyl (C=O) groups is 1. The van der Waals surface area contributed by atoms with Gasteiger partial charge in [0.2, 0.25) is 5.91 Å². The monoisotopic (exact) mass is 282 g/mol. The number of aryl methyl sites for hydroxylation is 1. The van der Waals surface area contributed by atoms with Gasteiger partial charge in [0.1, 0.15) is 0 Å². The van der Waals surface area contributed by atoms with Crippen molar-refractivity contribution < 1.29 is 4.79 Å². The summed E-state index contributed by atoms with van der Waals surface area (Å²) in [7, 11) is 0. The average Bonchev–Trinajstić information content (AvgIpc) is 2.54. The molecular formula is C18H22N2O. The molecule has 0 aliphatic heterocycles. The van der Waals surface area contributed by atoms with Gasteiger partial charge in [0.25, 0.3) is 0 Å². The molecule has 1 amide bonds. The van der Waals surface area contributed by atoms with Gasteiger partial charge in [-0.05, 0) is 36.6 Å². The Labute approximate surface area is 126 Å². The Hall–Kier alpha value is -2.13. The average molecular weight is 282 g/mol. The fraction of sp³-hybridized carbons (Fsp3) is 0.278. The van der Waals surface area contributed by atoms with Crippen LogP contribution in [-0.2, 0) is 17.8 Å². The predicted octanol–water partition coefficient (Wildman–Crippen LogP) is 3.37. The summed E-state index contributed by atoms with van der Waals surface area (Å²) in [4.78, 5) is 12.1. The Bertz CT molecular complexity index is 564. The summed E-state index contributed by atoms with van der Waals surface area (Å²) >= 11 is 0. The molecule has 0 bridgehead atoms. The van der Waals surface area contributed by atoms with Gasteiger partial charge < -0.3 is 10.6 Å². The molecule has 110 valence electrons. The first kappa shape index (κ1) is 15.3. The first-order valence-corrected chi connectivity index (χ1v) is 7.36. The van der Waals surface area contributed by atoms with Gasteiger partial charge in [0.15, 0.2) is 0 Å². The van der Waals surface area contributed by atoms with E-state index in [0.29, 0.717) is 6.54 Å². The van der Waals surface area contributed by atoms with Crippen molar-refractivity contribution in [2.45, 2.75) is 32.9 Å². The second-order valence-electron chi connectivity index (χ2n) is 5.13. The van der Waals surface area contributed by atoms with Gasteiger partial charge in [-0.1, -0.05) is 49.4 Å². The Morgan fingerprint density at radius 2 is 1.67 bits per heavy atom. The number of benzene rings is 2. The van der Waals surface area contributed by atoms with Crippen molar-refractivity contribution in [1.82, 2.24) is 5.32 Å². The Balaban J connectivity index is 1.84. The molecule has 2 N–H and O–H groups in total. The van der Waals surface area contributed by atoms with Crippen LogP contribution in [0.4, 0.5) is 5.69 Å². The van der Waals surface area contributed by atoms with Crippen molar-refractivity contribution in [1.29, 1.82) is 0 Å². The molecule has 3 nitrogen and oxygen atoms in total. The first-order valence-electron chi connectivity index (χ1n) is 7.36. The first-order chi connectivity index (χ1) is 10.2. The topological polar surface area (TPSA) is 41.1 Å². The van der Waals surface area contributed by atoms with Crippen molar-refractivity contribution >= 4 is 11.6 Å². The van der Waals surface area contributed by atoms with Gasteiger partial charge in [-0.2, -0.15) is 0 Å². The highest BCUT2D eigenvalue weighted by molar-refractivity contribution is 5.94. The molecule has 1 atom stereocenters. The van der Waals surface area contributed by atoms with Crippen molar-refractivity contribution in [3.63, 3.8) is 0 Å². The number of rotatable bonds is 6. The third kappa shape index (κ3) is 4.72. The third-order valence-electron chi connectivity index (χ3n) is 3.48. The van der Waals surface area contributed by atoms with E-state index in [1.54, 1.807) is 0 Å². The van der Waals surface area contributed by atoms with Crippen LogP contribution in [0.3, 0.4) is 0 Å². The van der Waals surface area contributed by atoms with Gasteiger partial charge >= 0.3 is 0 Å². The van der Waals surface area contributed by atoms with Crippen LogP contribution < -0.4 is 10.6 Å². The zero-order valence-electron chi connectivity index (χ0n) is 12.6. The second-order valence-corrected chi connectivity index (χ2v) is 5.13. The molecule has 0 heterocycles. The van der Waals surface area contributed by atoms with Gasteiger partial charge in [0.05, 0.1) is 6.04 Å². The van der Waals surface area contributed by atoms with Crippen LogP contribution in [0, 0.1) is 0 Å². The molecule has 0 unspecified atom stereocenters. The fourth-order valence-corrected chi connectivity index (χ4v) is 2.03. The van der Waals surface area contributed by atoms with E-state index < -0.39 is 0 Å². The summed E-state index contributed by atoms with van der Waals surface area (Å²) in [6.45, 7) is 4.67. The smallest absolute Gasteiger partial charge is 0.241 e. The molecule has 2 aromatic rings. The largest absolute Gasteiger partial charge is 0.325 e. The van der Waals surface area contributed by atoms with E-state index in [9.17, 15) is 4.79 Å². The highest BCUT2D eigenvalue weighted by Gasteiger charge is 2.12. The quantitative estimate of drug-likeness (QED) is 0.853. The SMILES string of the molecule is CCc1ccc(NC(=O)[C@@H](C)NCc2ccccc2)cc1. The number of hydrogen-bond donors (Lipinski definition) is 2. The molecular weight excluding hydrogens is 260 g/mol. The van der Waals surface area contributed by atoms with Crippen LogP contribution in [-0.4, -0.2) is 11.9 Å². The minimum atomic E-state index is -0.240. The molecule has 2 aromatic carbocycles. The lowest BCUT2D eigenvalue weighted by Crippen LogP contribution is -2.37. The van der Waals surface area contributed by atoms with Gasteiger partial charge in [-0.3, -0.25) is 4.79 Å². The van der Waals surface area contributed by atoms with Crippen LogP contribution in [0.2, 0.25) is 0 Å². The van der Waals surface area contributed by atoms with Crippen LogP contribution in [0.15, 0.2) is 54.6 Å². The molecule has 0 saturated carbocycles. The lowest BCUT2D eigenvalue weighted by molar-refractivity contribution is -0.117. The second kappa shape index (κ2) is 7.60. The molecule has 0 saturated heterocycles. The van der Waals surface area contributed by atoms with Crippen LogP contribution in [0.25, 0.3) is 0 Å². The molecule has 0 aliphatic rings. The zero-order valence-corrected chi connectivity index (χ0v) is 12.6. The molecule has 0 radical (unpaired) electrons. The Kier molecular flexibility index (Phi) is 5.52. The standard InChI is InChI=1S/C18H22N2O/c1-3-15-9-11-17(12-10-15)20-18(21)14(2)19-13-16-7-5-4-6-8-16/h4-12,14,19H,3,13H2,1-2H3,(H,20,21)/t14-/m1/s1. The summed E-state index contributed by atoms with van der Waals surface area (Å²) in [6, 6.07) is 17.8. The van der Waals surface area contributed by atoms with Crippen LogP contribution in [0.1, 0.15) is 25.0 Å². The summed E-state index contributed by atoms with van der Waals surface area (Å²) < 4.78 is 0. The highest BCUT2D eigenvalue weighted by Crippen LogP contribution is 2.10. The molecule has 0 aromatic heterocycles. The summed E-state index contributed by atoms with van der Waals surface area (Å²) in [5.41, 5.74) is 3.28. The van der Waals surface area contributed by atoms with Crippen LogP contribution in [0.5, 0.6) is 0 Å². The summed E-state index contributed by atoms with van der Waals surface area (Å²) in [5.74, 6) is -0.0184. The number of amides is 1. The highest BCUT2D eigenvalue weighted by atomic mass is 16.2. The van der Waals surface area contributed by atoms with Crippen molar-refractivity contribution in [3.8, 4) is 0 Å². The van der Waals surface area contributed by atoms with Crippen LogP contribution >= 0.6 is 0 Å². The van der Waals surface area contributed by atoms with E-state index in [1.165, 1.54) is 11.1 Å². The number of hydrogen-bond acceptors (Lipinski definition) is 2.